The Bertz CT molecular complexity index is 696. The Kier molecular flexibility index (Phi) is 3.66. The number of ether oxygens (including phenoxy) is 1. The van der Waals surface area contributed by atoms with Crippen molar-refractivity contribution in [3.63, 3.8) is 0 Å². The molecule has 0 aliphatic carbocycles. The number of methoxy groups -OCH3 is 1. The number of aromatic nitrogens is 1. The molecule has 0 spiro atoms. The number of pyridine rings is 1. The Morgan fingerprint density at radius 2 is 1.84 bits per heavy atom. The minimum absolute atomic E-state index is 0.0346. The maximum Gasteiger partial charge on any atom is 0.148 e. The van der Waals surface area contributed by atoms with Crippen LogP contribution in [0.15, 0.2) is 30.3 Å². The monoisotopic (exact) mass is 269 g/mol. The quantitative estimate of drug-likeness (QED) is 0.785. The van der Waals surface area contributed by atoms with Crippen LogP contribution >= 0.6 is 11.6 Å². The van der Waals surface area contributed by atoms with Gasteiger partial charge in [-0.05, 0) is 30.3 Å². The lowest BCUT2D eigenvalue weighted by Gasteiger charge is -2.05. The van der Waals surface area contributed by atoms with Crippen LogP contribution in [0.5, 0.6) is 5.75 Å². The summed E-state index contributed by atoms with van der Waals surface area (Å²) in [5.74, 6) is 0.726. The number of hydrogen-bond donors (Lipinski definition) is 0. The minimum Gasteiger partial charge on any atom is -0.497 e. The first-order chi connectivity index (χ1) is 9.19. The first-order valence-electron chi connectivity index (χ1n) is 5.34. The van der Waals surface area contributed by atoms with Crippen LogP contribution in [0.25, 0.3) is 11.3 Å². The average molecular weight is 270 g/mol. The number of hydrogen-bond acceptors (Lipinski definition) is 4. The standard InChI is InChI=1S/C14H8ClN3O/c1-19-11-4-2-9(3-5-11)13-6-10(7-16)12(8-17)14(15)18-13/h2-6H,1H3. The summed E-state index contributed by atoms with van der Waals surface area (Å²) in [6.45, 7) is 0. The lowest BCUT2D eigenvalue weighted by molar-refractivity contribution is 0.415. The average Bonchev–Trinajstić information content (AvgIpc) is 2.46. The van der Waals surface area contributed by atoms with E-state index in [-0.39, 0.29) is 16.3 Å². The molecule has 1 aromatic heterocycles. The fourth-order valence-corrected chi connectivity index (χ4v) is 1.85. The normalized spacial score (nSPS) is 9.47. The second-order valence-electron chi connectivity index (χ2n) is 3.67. The first kappa shape index (κ1) is 12.9. The second kappa shape index (κ2) is 5.39. The third-order valence-electron chi connectivity index (χ3n) is 2.59. The molecule has 0 aliphatic rings. The van der Waals surface area contributed by atoms with Crippen molar-refractivity contribution in [1.82, 2.24) is 4.98 Å². The molecule has 0 aliphatic heterocycles. The molecule has 2 aromatic rings. The van der Waals surface area contributed by atoms with Gasteiger partial charge in [-0.3, -0.25) is 0 Å². The molecule has 4 nitrogen and oxygen atoms in total. The van der Waals surface area contributed by atoms with Gasteiger partial charge in [0.2, 0.25) is 0 Å². The molecule has 0 atom stereocenters. The van der Waals surface area contributed by atoms with E-state index in [2.05, 4.69) is 4.98 Å². The molecule has 0 fully saturated rings. The van der Waals surface area contributed by atoms with Gasteiger partial charge in [0.05, 0.1) is 18.4 Å². The van der Waals surface area contributed by atoms with Crippen molar-refractivity contribution in [2.24, 2.45) is 0 Å². The van der Waals surface area contributed by atoms with Crippen LogP contribution in [-0.4, -0.2) is 12.1 Å². The molecule has 1 aromatic carbocycles. The van der Waals surface area contributed by atoms with Crippen LogP contribution in [0.4, 0.5) is 0 Å². The molecular formula is C14H8ClN3O. The van der Waals surface area contributed by atoms with Gasteiger partial charge in [0.1, 0.15) is 28.6 Å². The van der Waals surface area contributed by atoms with Crippen molar-refractivity contribution in [1.29, 1.82) is 10.5 Å². The Labute approximate surface area is 115 Å². The zero-order valence-electron chi connectivity index (χ0n) is 10.0. The Morgan fingerprint density at radius 1 is 1.16 bits per heavy atom. The summed E-state index contributed by atoms with van der Waals surface area (Å²) in [5, 5.41) is 18.0. The van der Waals surface area contributed by atoms with Gasteiger partial charge in [-0.25, -0.2) is 4.98 Å². The van der Waals surface area contributed by atoms with Gasteiger partial charge in [-0.2, -0.15) is 10.5 Å². The van der Waals surface area contributed by atoms with Crippen molar-refractivity contribution in [3.8, 4) is 29.1 Å². The zero-order chi connectivity index (χ0) is 13.8. The lowest BCUT2D eigenvalue weighted by atomic mass is 10.1. The van der Waals surface area contributed by atoms with Crippen LogP contribution in [0, 0.1) is 22.7 Å². The van der Waals surface area contributed by atoms with Crippen molar-refractivity contribution >= 4 is 11.6 Å². The molecule has 0 unspecified atom stereocenters. The largest absolute Gasteiger partial charge is 0.497 e. The molecule has 0 N–H and O–H groups in total. The number of nitrogens with zero attached hydrogens (tertiary/aromatic N) is 3. The molecular weight excluding hydrogens is 262 g/mol. The lowest BCUT2D eigenvalue weighted by Crippen LogP contribution is -1.93. The molecule has 0 radical (unpaired) electrons. The summed E-state index contributed by atoms with van der Waals surface area (Å²) in [4.78, 5) is 4.13. The maximum atomic E-state index is 9.02. The summed E-state index contributed by atoms with van der Waals surface area (Å²) >= 11 is 5.91. The highest BCUT2D eigenvalue weighted by Gasteiger charge is 2.11. The topological polar surface area (TPSA) is 69.7 Å². The van der Waals surface area contributed by atoms with E-state index < -0.39 is 0 Å². The van der Waals surface area contributed by atoms with E-state index in [1.165, 1.54) is 0 Å². The fraction of sp³-hybridized carbons (Fsp3) is 0.0714. The predicted molar refractivity (Wildman–Crippen MR) is 70.7 cm³/mol. The van der Waals surface area contributed by atoms with Crippen LogP contribution in [0.2, 0.25) is 5.15 Å². The van der Waals surface area contributed by atoms with Gasteiger partial charge in [-0.15, -0.1) is 0 Å². The summed E-state index contributed by atoms with van der Waals surface area (Å²) < 4.78 is 5.07. The van der Waals surface area contributed by atoms with Crippen LogP contribution < -0.4 is 4.74 Å². The van der Waals surface area contributed by atoms with Crippen molar-refractivity contribution < 1.29 is 4.74 Å². The summed E-state index contributed by atoms with van der Waals surface area (Å²) in [5.41, 5.74) is 1.65. The molecule has 0 saturated heterocycles. The Hall–Kier alpha value is -2.56. The van der Waals surface area contributed by atoms with E-state index in [9.17, 15) is 0 Å². The minimum atomic E-state index is 0.0346. The van der Waals surface area contributed by atoms with E-state index in [0.717, 1.165) is 11.3 Å². The Morgan fingerprint density at radius 3 is 2.37 bits per heavy atom. The SMILES string of the molecule is COc1ccc(-c2cc(C#N)c(C#N)c(Cl)n2)cc1. The highest BCUT2D eigenvalue weighted by atomic mass is 35.5. The van der Waals surface area contributed by atoms with Crippen LogP contribution in [0.3, 0.4) is 0 Å². The van der Waals surface area contributed by atoms with Crippen molar-refractivity contribution in [2.45, 2.75) is 0 Å². The van der Waals surface area contributed by atoms with Crippen LogP contribution in [0.1, 0.15) is 11.1 Å². The van der Waals surface area contributed by atoms with Gasteiger partial charge >= 0.3 is 0 Å². The predicted octanol–water partition coefficient (Wildman–Crippen LogP) is 3.15. The van der Waals surface area contributed by atoms with Crippen molar-refractivity contribution in [3.05, 3.63) is 46.6 Å². The second-order valence-corrected chi connectivity index (χ2v) is 4.03. The van der Waals surface area contributed by atoms with Gasteiger partial charge in [0, 0.05) is 5.56 Å². The summed E-state index contributed by atoms with van der Waals surface area (Å²) in [6.07, 6.45) is 0. The smallest absolute Gasteiger partial charge is 0.148 e. The maximum absolute atomic E-state index is 9.02. The number of halogens is 1. The number of benzene rings is 1. The molecule has 1 heterocycles. The van der Waals surface area contributed by atoms with E-state index in [1.54, 1.807) is 25.3 Å². The van der Waals surface area contributed by atoms with Gasteiger partial charge in [0.25, 0.3) is 0 Å². The van der Waals surface area contributed by atoms with E-state index >= 15 is 0 Å². The Balaban J connectivity index is 2.54. The highest BCUT2D eigenvalue weighted by molar-refractivity contribution is 6.30. The zero-order valence-corrected chi connectivity index (χ0v) is 10.8. The van der Waals surface area contributed by atoms with E-state index in [4.69, 9.17) is 26.9 Å². The molecule has 19 heavy (non-hydrogen) atoms. The van der Waals surface area contributed by atoms with E-state index in [1.807, 2.05) is 24.3 Å². The molecule has 0 bridgehead atoms. The molecule has 92 valence electrons. The third kappa shape index (κ3) is 2.49. The van der Waals surface area contributed by atoms with Gasteiger partial charge < -0.3 is 4.74 Å². The summed E-state index contributed by atoms with van der Waals surface area (Å²) in [7, 11) is 1.58. The highest BCUT2D eigenvalue weighted by Crippen LogP contribution is 2.26. The summed E-state index contributed by atoms with van der Waals surface area (Å²) in [6, 6.07) is 12.6. The van der Waals surface area contributed by atoms with Gasteiger partial charge in [0.15, 0.2) is 0 Å². The molecule has 0 saturated carbocycles. The molecule has 5 heteroatoms. The van der Waals surface area contributed by atoms with E-state index in [0.29, 0.717) is 5.69 Å². The third-order valence-corrected chi connectivity index (χ3v) is 2.87. The first-order valence-corrected chi connectivity index (χ1v) is 5.72. The molecule has 0 amide bonds. The van der Waals surface area contributed by atoms with Crippen molar-refractivity contribution in [2.75, 3.05) is 7.11 Å². The fourth-order valence-electron chi connectivity index (χ4n) is 1.62. The van der Waals surface area contributed by atoms with Gasteiger partial charge in [-0.1, -0.05) is 11.6 Å². The number of rotatable bonds is 2. The van der Waals surface area contributed by atoms with Crippen LogP contribution in [-0.2, 0) is 0 Å². The molecule has 2 rings (SSSR count). The number of nitriles is 2.